The number of rotatable bonds is 5. The van der Waals surface area contributed by atoms with Crippen LogP contribution < -0.4 is 5.32 Å². The maximum Gasteiger partial charge on any atom is 0.335 e. The molecule has 0 fully saturated rings. The Labute approximate surface area is 124 Å². The lowest BCUT2D eigenvalue weighted by atomic mass is 10.3. The minimum Gasteiger partial charge on any atom is -0.478 e. The maximum atomic E-state index is 13.4. The topological polar surface area (TPSA) is 79.3 Å². The first-order valence-electron chi connectivity index (χ1n) is 5.93. The smallest absolute Gasteiger partial charge is 0.335 e. The van der Waals surface area contributed by atoms with E-state index in [-0.39, 0.29) is 17.0 Å². The molecule has 1 heterocycles. The van der Waals surface area contributed by atoms with Crippen LogP contribution in [0, 0.1) is 5.82 Å². The molecule has 0 atom stereocenters. The molecular weight excluding hydrogens is 295 g/mol. The summed E-state index contributed by atoms with van der Waals surface area (Å²) >= 11 is 1.08. The average molecular weight is 306 g/mol. The number of carbonyl (C=O) groups is 2. The molecule has 0 saturated heterocycles. The Morgan fingerprint density at radius 1 is 1.29 bits per heavy atom. The van der Waals surface area contributed by atoms with Gasteiger partial charge in [0.05, 0.1) is 22.0 Å². The van der Waals surface area contributed by atoms with Crippen molar-refractivity contribution in [2.24, 2.45) is 0 Å². The number of nitrogens with one attached hydrogen (secondary N) is 1. The highest BCUT2D eigenvalue weighted by molar-refractivity contribution is 7.99. The van der Waals surface area contributed by atoms with Gasteiger partial charge in [0.25, 0.3) is 0 Å². The first kappa shape index (κ1) is 15.0. The summed E-state index contributed by atoms with van der Waals surface area (Å²) in [6.07, 6.45) is 1.36. The van der Waals surface area contributed by atoms with Crippen molar-refractivity contribution in [1.82, 2.24) is 4.98 Å². The highest BCUT2D eigenvalue weighted by Gasteiger charge is 2.09. The van der Waals surface area contributed by atoms with Gasteiger partial charge in [0, 0.05) is 6.20 Å². The Morgan fingerprint density at radius 2 is 2.05 bits per heavy atom. The molecule has 2 N–H and O–H groups in total. The number of halogens is 1. The van der Waals surface area contributed by atoms with E-state index in [4.69, 9.17) is 5.11 Å². The number of carboxylic acid groups (broad SMARTS) is 1. The van der Waals surface area contributed by atoms with Crippen LogP contribution >= 0.6 is 11.8 Å². The number of carbonyl (C=O) groups excluding carboxylic acids is 1. The van der Waals surface area contributed by atoms with Gasteiger partial charge in [-0.3, -0.25) is 4.79 Å². The van der Waals surface area contributed by atoms with Crippen molar-refractivity contribution in [3.8, 4) is 0 Å². The van der Waals surface area contributed by atoms with Crippen LogP contribution in [-0.4, -0.2) is 27.7 Å². The van der Waals surface area contributed by atoms with Crippen LogP contribution in [-0.2, 0) is 4.79 Å². The van der Waals surface area contributed by atoms with E-state index in [1.807, 2.05) is 0 Å². The van der Waals surface area contributed by atoms with Gasteiger partial charge in [0.2, 0.25) is 5.91 Å². The number of amides is 1. The Bertz CT molecular complexity index is 679. The van der Waals surface area contributed by atoms with Crippen molar-refractivity contribution in [1.29, 1.82) is 0 Å². The van der Waals surface area contributed by atoms with Gasteiger partial charge in [-0.25, -0.2) is 14.2 Å². The molecule has 1 amide bonds. The predicted molar refractivity (Wildman–Crippen MR) is 77.0 cm³/mol. The molecule has 0 unspecified atom stereocenters. The highest BCUT2D eigenvalue weighted by Crippen LogP contribution is 2.18. The second-order valence-electron chi connectivity index (χ2n) is 4.00. The van der Waals surface area contributed by atoms with Crippen LogP contribution in [0.3, 0.4) is 0 Å². The lowest BCUT2D eigenvalue weighted by Gasteiger charge is -2.06. The van der Waals surface area contributed by atoms with E-state index >= 15 is 0 Å². The summed E-state index contributed by atoms with van der Waals surface area (Å²) < 4.78 is 13.4. The van der Waals surface area contributed by atoms with Gasteiger partial charge in [-0.2, -0.15) is 0 Å². The van der Waals surface area contributed by atoms with E-state index in [1.165, 1.54) is 36.5 Å². The Kier molecular flexibility index (Phi) is 4.89. The Morgan fingerprint density at radius 3 is 2.76 bits per heavy atom. The van der Waals surface area contributed by atoms with Crippen LogP contribution in [0.5, 0.6) is 0 Å². The molecule has 1 aromatic carbocycles. The van der Waals surface area contributed by atoms with E-state index in [0.29, 0.717) is 5.03 Å². The number of hydrogen-bond donors (Lipinski definition) is 2. The summed E-state index contributed by atoms with van der Waals surface area (Å²) in [6.45, 7) is 0. The average Bonchev–Trinajstić information content (AvgIpc) is 2.48. The second-order valence-corrected chi connectivity index (χ2v) is 5.00. The lowest BCUT2D eigenvalue weighted by Crippen LogP contribution is -2.15. The van der Waals surface area contributed by atoms with E-state index in [2.05, 4.69) is 10.3 Å². The van der Waals surface area contributed by atoms with Crippen LogP contribution in [0.15, 0.2) is 47.6 Å². The number of aromatic carboxylic acids is 1. The van der Waals surface area contributed by atoms with Crippen molar-refractivity contribution in [3.05, 3.63) is 54.0 Å². The number of nitrogens with zero attached hydrogens (tertiary/aromatic N) is 1. The second kappa shape index (κ2) is 6.85. The molecule has 0 aliphatic carbocycles. The van der Waals surface area contributed by atoms with E-state index in [9.17, 15) is 14.0 Å². The van der Waals surface area contributed by atoms with Crippen molar-refractivity contribution in [3.63, 3.8) is 0 Å². The molecule has 0 radical (unpaired) electrons. The molecule has 0 bridgehead atoms. The van der Waals surface area contributed by atoms with E-state index in [1.54, 1.807) is 6.07 Å². The minimum absolute atomic E-state index is 0.00437. The normalized spacial score (nSPS) is 10.1. The lowest BCUT2D eigenvalue weighted by molar-refractivity contribution is -0.113. The summed E-state index contributed by atoms with van der Waals surface area (Å²) in [7, 11) is 0. The number of para-hydroxylation sites is 1. The number of benzene rings is 1. The highest BCUT2D eigenvalue weighted by atomic mass is 32.2. The number of aromatic nitrogens is 1. The van der Waals surface area contributed by atoms with Crippen LogP contribution in [0.4, 0.5) is 10.1 Å². The van der Waals surface area contributed by atoms with Crippen molar-refractivity contribution in [2.75, 3.05) is 11.1 Å². The zero-order valence-corrected chi connectivity index (χ0v) is 11.6. The summed E-state index contributed by atoms with van der Waals surface area (Å²) in [5, 5.41) is 11.7. The molecule has 108 valence electrons. The standard InChI is InChI=1S/C14H11FN2O3S/c15-10-3-1-2-4-11(10)17-12(18)8-21-13-7-9(14(19)20)5-6-16-13/h1-7H,8H2,(H,17,18)(H,19,20). The van der Waals surface area contributed by atoms with E-state index in [0.717, 1.165) is 11.8 Å². The minimum atomic E-state index is -1.06. The number of thioether (sulfide) groups is 1. The fourth-order valence-electron chi connectivity index (χ4n) is 1.51. The molecule has 0 saturated carbocycles. The number of carboxylic acids is 1. The maximum absolute atomic E-state index is 13.4. The molecule has 2 rings (SSSR count). The molecule has 2 aromatic rings. The van der Waals surface area contributed by atoms with Gasteiger partial charge in [-0.1, -0.05) is 23.9 Å². The van der Waals surface area contributed by atoms with E-state index < -0.39 is 17.7 Å². The Balaban J connectivity index is 1.94. The molecule has 0 aliphatic rings. The summed E-state index contributed by atoms with van der Waals surface area (Å²) in [4.78, 5) is 26.5. The molecule has 21 heavy (non-hydrogen) atoms. The van der Waals surface area contributed by atoms with Gasteiger partial charge in [-0.05, 0) is 24.3 Å². The third-order valence-corrected chi connectivity index (χ3v) is 3.41. The van der Waals surface area contributed by atoms with Gasteiger partial charge in [-0.15, -0.1) is 0 Å². The summed E-state index contributed by atoms with van der Waals surface area (Å²) in [6, 6.07) is 8.60. The quantitative estimate of drug-likeness (QED) is 0.830. The van der Waals surface area contributed by atoms with Crippen LogP contribution in [0.2, 0.25) is 0 Å². The zero-order valence-electron chi connectivity index (χ0n) is 10.7. The summed E-state index contributed by atoms with van der Waals surface area (Å²) in [5.41, 5.74) is 0.206. The predicted octanol–water partition coefficient (Wildman–Crippen LogP) is 2.65. The molecule has 7 heteroatoms. The third-order valence-electron chi connectivity index (χ3n) is 2.48. The fraction of sp³-hybridized carbons (Fsp3) is 0.0714. The summed E-state index contributed by atoms with van der Waals surface area (Å²) in [5.74, 6) is -1.96. The molecule has 0 aliphatic heterocycles. The van der Waals surface area contributed by atoms with Gasteiger partial charge in [0.1, 0.15) is 5.82 Å². The number of pyridine rings is 1. The number of anilines is 1. The Hall–Kier alpha value is -2.41. The first-order chi connectivity index (χ1) is 10.1. The largest absolute Gasteiger partial charge is 0.478 e. The molecule has 5 nitrogen and oxygen atoms in total. The van der Waals surface area contributed by atoms with Crippen molar-refractivity contribution >= 4 is 29.3 Å². The molecule has 0 spiro atoms. The van der Waals surface area contributed by atoms with Crippen molar-refractivity contribution in [2.45, 2.75) is 5.03 Å². The van der Waals surface area contributed by atoms with Crippen molar-refractivity contribution < 1.29 is 19.1 Å². The van der Waals surface area contributed by atoms with Crippen LogP contribution in [0.1, 0.15) is 10.4 Å². The SMILES string of the molecule is O=C(CSc1cc(C(=O)O)ccn1)Nc1ccccc1F. The molecule has 1 aromatic heterocycles. The van der Waals surface area contributed by atoms with Crippen LogP contribution in [0.25, 0.3) is 0 Å². The van der Waals surface area contributed by atoms with Gasteiger partial charge < -0.3 is 10.4 Å². The zero-order chi connectivity index (χ0) is 15.2. The number of hydrogen-bond acceptors (Lipinski definition) is 4. The monoisotopic (exact) mass is 306 g/mol. The fourth-order valence-corrected chi connectivity index (χ4v) is 2.21. The first-order valence-corrected chi connectivity index (χ1v) is 6.91. The van der Waals surface area contributed by atoms with Gasteiger partial charge in [0.15, 0.2) is 0 Å². The third kappa shape index (κ3) is 4.28. The van der Waals surface area contributed by atoms with Gasteiger partial charge >= 0.3 is 5.97 Å². The molecular formula is C14H11FN2O3S.